The fraction of sp³-hybridized carbons (Fsp3) is 0.385. The van der Waals surface area contributed by atoms with Crippen molar-refractivity contribution in [2.24, 2.45) is 0 Å². The average Bonchev–Trinajstić information content (AvgIpc) is 2.93. The summed E-state index contributed by atoms with van der Waals surface area (Å²) in [6.07, 6.45) is 1.93. The van der Waals surface area contributed by atoms with Crippen LogP contribution in [0.4, 0.5) is 0 Å². The Balaban J connectivity index is 1.96. The highest BCUT2D eigenvalue weighted by Crippen LogP contribution is 2.51. The average molecular weight is 422 g/mol. The normalized spacial score (nSPS) is 20.3. The Bertz CT molecular complexity index is 591. The number of fused-ring (bicyclic) bond motifs is 4. The molecule has 0 unspecified atom stereocenters. The Morgan fingerprint density at radius 2 is 1.37 bits per heavy atom. The van der Waals surface area contributed by atoms with E-state index in [0.29, 0.717) is 13.2 Å². The van der Waals surface area contributed by atoms with E-state index in [1.165, 1.54) is 20.9 Å². The van der Waals surface area contributed by atoms with Gasteiger partial charge in [0.15, 0.2) is 0 Å². The van der Waals surface area contributed by atoms with E-state index in [1.54, 1.807) is 22.7 Å². The second kappa shape index (κ2) is 4.64. The Morgan fingerprint density at radius 1 is 0.895 bits per heavy atom. The summed E-state index contributed by atoms with van der Waals surface area (Å²) in [5.74, 6) is -0.658. The number of hydrogen-bond donors (Lipinski definition) is 0. The molecule has 0 aliphatic carbocycles. The Morgan fingerprint density at radius 3 is 1.84 bits per heavy atom. The van der Waals surface area contributed by atoms with Crippen molar-refractivity contribution in [1.29, 1.82) is 0 Å². The van der Waals surface area contributed by atoms with E-state index >= 15 is 0 Å². The molecule has 0 N–H and O–H groups in total. The molecule has 0 radical (unpaired) electrons. The molecule has 4 rings (SSSR count). The highest BCUT2D eigenvalue weighted by molar-refractivity contribution is 9.11. The van der Waals surface area contributed by atoms with Crippen LogP contribution in [0.15, 0.2) is 19.7 Å². The molecule has 0 saturated heterocycles. The molecule has 0 bridgehead atoms. The van der Waals surface area contributed by atoms with Gasteiger partial charge in [-0.3, -0.25) is 0 Å². The minimum absolute atomic E-state index is 0.658. The van der Waals surface area contributed by atoms with E-state index in [1.807, 2.05) is 0 Å². The van der Waals surface area contributed by atoms with E-state index in [-0.39, 0.29) is 0 Å². The van der Waals surface area contributed by atoms with Gasteiger partial charge >= 0.3 is 0 Å². The summed E-state index contributed by atoms with van der Waals surface area (Å²) in [6.45, 7) is 1.43. The maximum absolute atomic E-state index is 6.14. The molecule has 2 aliphatic heterocycles. The number of rotatable bonds is 0. The first-order chi connectivity index (χ1) is 9.19. The molecule has 0 atom stereocenters. The van der Waals surface area contributed by atoms with Gasteiger partial charge in [-0.05, 0) is 68.0 Å². The van der Waals surface area contributed by atoms with Crippen LogP contribution in [-0.2, 0) is 28.1 Å². The van der Waals surface area contributed by atoms with Crippen molar-refractivity contribution in [3.05, 3.63) is 40.6 Å². The molecule has 2 aromatic rings. The molecule has 2 nitrogen and oxygen atoms in total. The number of hydrogen-bond acceptors (Lipinski definition) is 4. The highest BCUT2D eigenvalue weighted by atomic mass is 79.9. The lowest BCUT2D eigenvalue weighted by atomic mass is 9.98. The molecule has 4 heterocycles. The van der Waals surface area contributed by atoms with Gasteiger partial charge in [-0.25, -0.2) is 0 Å². The lowest BCUT2D eigenvalue weighted by molar-refractivity contribution is -0.225. The standard InChI is InChI=1S/C13H10Br2O2S2/c14-9-5-7-1-3-16-13(11(7)18-9)12-8(2-4-17-13)6-10(15)19-12/h5-6H,1-4H2. The summed E-state index contributed by atoms with van der Waals surface area (Å²) < 4.78 is 14.6. The minimum Gasteiger partial charge on any atom is -0.341 e. The van der Waals surface area contributed by atoms with Gasteiger partial charge in [-0.15, -0.1) is 22.7 Å². The molecule has 6 heteroatoms. The minimum atomic E-state index is -0.658. The van der Waals surface area contributed by atoms with Crippen molar-refractivity contribution in [1.82, 2.24) is 0 Å². The zero-order valence-corrected chi connectivity index (χ0v) is 14.7. The molecule has 0 aromatic carbocycles. The zero-order chi connectivity index (χ0) is 13.0. The molecule has 0 amide bonds. The van der Waals surface area contributed by atoms with E-state index in [9.17, 15) is 0 Å². The third kappa shape index (κ3) is 1.92. The van der Waals surface area contributed by atoms with Crippen LogP contribution in [-0.4, -0.2) is 13.2 Å². The van der Waals surface area contributed by atoms with Crippen LogP contribution < -0.4 is 0 Å². The Hall–Kier alpha value is 0.280. The molecule has 19 heavy (non-hydrogen) atoms. The fourth-order valence-electron chi connectivity index (χ4n) is 2.73. The molecular formula is C13H10Br2O2S2. The summed E-state index contributed by atoms with van der Waals surface area (Å²) in [5, 5.41) is 0. The molecule has 0 saturated carbocycles. The van der Waals surface area contributed by atoms with Gasteiger partial charge in [0.1, 0.15) is 0 Å². The second-order valence-corrected chi connectivity index (χ2v) is 9.49. The monoisotopic (exact) mass is 420 g/mol. The van der Waals surface area contributed by atoms with Crippen LogP contribution in [0, 0.1) is 0 Å². The third-order valence-electron chi connectivity index (χ3n) is 3.51. The molecule has 1 spiro atoms. The molecule has 100 valence electrons. The maximum atomic E-state index is 6.14. The van der Waals surface area contributed by atoms with Crippen LogP contribution in [0.2, 0.25) is 0 Å². The van der Waals surface area contributed by atoms with Gasteiger partial charge in [0, 0.05) is 0 Å². The number of thiophene rings is 2. The molecule has 0 fully saturated rings. The summed E-state index contributed by atoms with van der Waals surface area (Å²) >= 11 is 10.6. The predicted molar refractivity (Wildman–Crippen MR) is 84.1 cm³/mol. The van der Waals surface area contributed by atoms with E-state index in [0.717, 1.165) is 20.4 Å². The van der Waals surface area contributed by atoms with Crippen LogP contribution >= 0.6 is 54.5 Å². The highest BCUT2D eigenvalue weighted by Gasteiger charge is 2.47. The molecule has 2 aromatic heterocycles. The first-order valence-corrected chi connectivity index (χ1v) is 9.26. The largest absolute Gasteiger partial charge is 0.341 e. The van der Waals surface area contributed by atoms with Crippen LogP contribution in [0.3, 0.4) is 0 Å². The van der Waals surface area contributed by atoms with Crippen LogP contribution in [0.1, 0.15) is 20.9 Å². The van der Waals surface area contributed by atoms with Gasteiger partial charge in [0.2, 0.25) is 5.79 Å². The SMILES string of the molecule is Brc1cc2c(s1)C1(OCC2)OCCc2cc(Br)sc21. The van der Waals surface area contributed by atoms with Crippen molar-refractivity contribution in [3.63, 3.8) is 0 Å². The van der Waals surface area contributed by atoms with Crippen molar-refractivity contribution in [3.8, 4) is 0 Å². The van der Waals surface area contributed by atoms with Crippen LogP contribution in [0.5, 0.6) is 0 Å². The van der Waals surface area contributed by atoms with Crippen molar-refractivity contribution < 1.29 is 9.47 Å². The lowest BCUT2D eigenvalue weighted by Gasteiger charge is -2.39. The zero-order valence-electron chi connectivity index (χ0n) is 9.87. The smallest absolute Gasteiger partial charge is 0.242 e. The van der Waals surface area contributed by atoms with E-state index < -0.39 is 5.79 Å². The Kier molecular flexibility index (Phi) is 3.17. The predicted octanol–water partition coefficient (Wildman–Crippen LogP) is 4.68. The topological polar surface area (TPSA) is 18.5 Å². The van der Waals surface area contributed by atoms with Gasteiger partial charge in [0.25, 0.3) is 0 Å². The van der Waals surface area contributed by atoms with E-state index in [2.05, 4.69) is 44.0 Å². The summed E-state index contributed by atoms with van der Waals surface area (Å²) in [5.41, 5.74) is 2.70. The summed E-state index contributed by atoms with van der Waals surface area (Å²) in [4.78, 5) is 2.42. The number of halogens is 2. The first-order valence-electron chi connectivity index (χ1n) is 6.04. The van der Waals surface area contributed by atoms with Crippen molar-refractivity contribution in [2.45, 2.75) is 18.6 Å². The third-order valence-corrected chi connectivity index (χ3v) is 7.03. The van der Waals surface area contributed by atoms with Gasteiger partial charge in [-0.2, -0.15) is 0 Å². The van der Waals surface area contributed by atoms with Crippen molar-refractivity contribution >= 4 is 54.5 Å². The quantitative estimate of drug-likeness (QED) is 0.614. The maximum Gasteiger partial charge on any atom is 0.242 e. The van der Waals surface area contributed by atoms with Crippen molar-refractivity contribution in [2.75, 3.05) is 13.2 Å². The Labute approximate surface area is 136 Å². The molecule has 2 aliphatic rings. The van der Waals surface area contributed by atoms with Gasteiger partial charge in [-0.1, -0.05) is 0 Å². The van der Waals surface area contributed by atoms with E-state index in [4.69, 9.17) is 9.47 Å². The number of ether oxygens (including phenoxy) is 2. The first kappa shape index (κ1) is 13.0. The fourth-order valence-corrected chi connectivity index (χ4v) is 6.41. The summed E-state index contributed by atoms with van der Waals surface area (Å²) in [7, 11) is 0. The van der Waals surface area contributed by atoms with Crippen LogP contribution in [0.25, 0.3) is 0 Å². The summed E-state index contributed by atoms with van der Waals surface area (Å²) in [6, 6.07) is 4.40. The lowest BCUT2D eigenvalue weighted by Crippen LogP contribution is -2.41. The second-order valence-electron chi connectivity index (χ2n) is 4.62. The molecular weight excluding hydrogens is 412 g/mol. The van der Waals surface area contributed by atoms with Gasteiger partial charge in [0.05, 0.1) is 30.5 Å². The van der Waals surface area contributed by atoms with Gasteiger partial charge < -0.3 is 9.47 Å².